The highest BCUT2D eigenvalue weighted by Gasteiger charge is 2.28. The molecule has 0 spiro atoms. The summed E-state index contributed by atoms with van der Waals surface area (Å²) in [6.45, 7) is 1.10. The van der Waals surface area contributed by atoms with Crippen molar-refractivity contribution in [2.45, 2.75) is 12.5 Å². The smallest absolute Gasteiger partial charge is 0.254 e. The number of benzene rings is 1. The predicted molar refractivity (Wildman–Crippen MR) is 75.6 cm³/mol. The summed E-state index contributed by atoms with van der Waals surface area (Å²) in [5.74, 6) is -0.00879. The lowest BCUT2D eigenvalue weighted by molar-refractivity contribution is 0.0770. The fraction of sp³-hybridized carbons (Fsp3) is 0.250. The second-order valence-corrected chi connectivity index (χ2v) is 4.96. The van der Waals surface area contributed by atoms with E-state index in [0.717, 1.165) is 6.42 Å². The summed E-state index contributed by atoms with van der Waals surface area (Å²) in [4.78, 5) is 18.1. The number of halogens is 1. The lowest BCUT2D eigenvalue weighted by atomic mass is 10.2. The van der Waals surface area contributed by atoms with Gasteiger partial charge in [0.25, 0.3) is 5.91 Å². The van der Waals surface area contributed by atoms with Crippen LogP contribution in [0.1, 0.15) is 16.8 Å². The number of carbonyl (C=O) groups excluding carboxylic acids is 1. The van der Waals surface area contributed by atoms with E-state index in [1.165, 1.54) is 12.1 Å². The molecule has 1 aromatic carbocycles. The van der Waals surface area contributed by atoms with Crippen molar-refractivity contribution >= 4 is 5.91 Å². The van der Waals surface area contributed by atoms with E-state index in [9.17, 15) is 9.18 Å². The molecular formula is C16H15FN2O2. The largest absolute Gasteiger partial charge is 0.472 e. The van der Waals surface area contributed by atoms with Gasteiger partial charge in [-0.1, -0.05) is 12.1 Å². The van der Waals surface area contributed by atoms with Gasteiger partial charge in [0.05, 0.1) is 6.54 Å². The monoisotopic (exact) mass is 286 g/mol. The lowest BCUT2D eigenvalue weighted by Gasteiger charge is -2.17. The van der Waals surface area contributed by atoms with Crippen LogP contribution in [0, 0.1) is 5.82 Å². The molecule has 1 amide bonds. The standard InChI is InChI=1S/C16H15FN2O2/c17-13-5-3-4-12(10-13)16(20)19-9-7-14(11-19)21-15-6-1-2-8-18-15/h1-6,8,10,14H,7,9,11H2. The van der Waals surface area contributed by atoms with Gasteiger partial charge >= 0.3 is 0 Å². The number of ether oxygens (including phenoxy) is 1. The SMILES string of the molecule is O=C(c1cccc(F)c1)N1CCC(Oc2ccccn2)C1. The topological polar surface area (TPSA) is 42.4 Å². The van der Waals surface area contributed by atoms with Gasteiger partial charge in [-0.25, -0.2) is 9.37 Å². The Kier molecular flexibility index (Phi) is 3.81. The Bertz CT molecular complexity index is 633. The Labute approximate surface area is 122 Å². The molecule has 3 rings (SSSR count). The molecule has 1 aliphatic rings. The van der Waals surface area contributed by atoms with Gasteiger partial charge in [-0.15, -0.1) is 0 Å². The maximum atomic E-state index is 13.2. The van der Waals surface area contributed by atoms with E-state index < -0.39 is 5.82 Å². The maximum absolute atomic E-state index is 13.2. The van der Waals surface area contributed by atoms with Gasteiger partial charge in [0.15, 0.2) is 0 Å². The third-order valence-electron chi connectivity index (χ3n) is 3.43. The molecule has 1 fully saturated rings. The summed E-state index contributed by atoms with van der Waals surface area (Å²) in [6.07, 6.45) is 2.34. The van der Waals surface area contributed by atoms with Gasteiger partial charge in [-0.3, -0.25) is 4.79 Å². The molecule has 0 bridgehead atoms. The van der Waals surface area contributed by atoms with Crippen LogP contribution in [0.15, 0.2) is 48.7 Å². The van der Waals surface area contributed by atoms with E-state index >= 15 is 0 Å². The Morgan fingerprint density at radius 1 is 1.29 bits per heavy atom. The average molecular weight is 286 g/mol. The molecule has 108 valence electrons. The van der Waals surface area contributed by atoms with Gasteiger partial charge < -0.3 is 9.64 Å². The lowest BCUT2D eigenvalue weighted by Crippen LogP contribution is -2.31. The van der Waals surface area contributed by atoms with Crippen LogP contribution in [0.2, 0.25) is 0 Å². The van der Waals surface area contributed by atoms with Gasteiger partial charge in [0.1, 0.15) is 11.9 Å². The first-order valence-corrected chi connectivity index (χ1v) is 6.85. The minimum absolute atomic E-state index is 0.0718. The van der Waals surface area contributed by atoms with Crippen LogP contribution < -0.4 is 4.74 Å². The highest BCUT2D eigenvalue weighted by Crippen LogP contribution is 2.18. The number of hydrogen-bond acceptors (Lipinski definition) is 3. The van der Waals surface area contributed by atoms with Crippen molar-refractivity contribution in [2.75, 3.05) is 13.1 Å². The van der Waals surface area contributed by atoms with Crippen molar-refractivity contribution in [2.24, 2.45) is 0 Å². The van der Waals surface area contributed by atoms with Gasteiger partial charge in [-0.2, -0.15) is 0 Å². The maximum Gasteiger partial charge on any atom is 0.254 e. The minimum Gasteiger partial charge on any atom is -0.472 e. The molecule has 1 saturated heterocycles. The molecule has 0 saturated carbocycles. The molecule has 4 nitrogen and oxygen atoms in total. The van der Waals surface area contributed by atoms with Gasteiger partial charge in [0, 0.05) is 30.8 Å². The van der Waals surface area contributed by atoms with Gasteiger partial charge in [-0.05, 0) is 24.3 Å². The van der Waals surface area contributed by atoms with Crippen LogP contribution in [0.4, 0.5) is 4.39 Å². The molecule has 2 aromatic rings. The second kappa shape index (κ2) is 5.91. The average Bonchev–Trinajstić information content (AvgIpc) is 2.96. The van der Waals surface area contributed by atoms with Crippen LogP contribution in [0.5, 0.6) is 5.88 Å². The first kappa shape index (κ1) is 13.5. The number of rotatable bonds is 3. The third kappa shape index (κ3) is 3.18. The Hall–Kier alpha value is -2.43. The molecule has 2 heterocycles. The highest BCUT2D eigenvalue weighted by molar-refractivity contribution is 5.94. The molecule has 0 aliphatic carbocycles. The van der Waals surface area contributed by atoms with Crippen molar-refractivity contribution in [3.05, 3.63) is 60.0 Å². The Morgan fingerprint density at radius 3 is 2.95 bits per heavy atom. The minimum atomic E-state index is -0.402. The quantitative estimate of drug-likeness (QED) is 0.870. The number of amides is 1. The molecule has 5 heteroatoms. The molecule has 1 atom stereocenters. The van der Waals surface area contributed by atoms with E-state index in [-0.39, 0.29) is 12.0 Å². The van der Waals surface area contributed by atoms with Crippen LogP contribution in [0.25, 0.3) is 0 Å². The van der Waals surface area contributed by atoms with Crippen LogP contribution in [-0.2, 0) is 0 Å². The summed E-state index contributed by atoms with van der Waals surface area (Å²) in [5, 5.41) is 0. The van der Waals surface area contributed by atoms with E-state index in [0.29, 0.717) is 24.5 Å². The number of hydrogen-bond donors (Lipinski definition) is 0. The van der Waals surface area contributed by atoms with Crippen LogP contribution in [0.3, 0.4) is 0 Å². The number of likely N-dealkylation sites (tertiary alicyclic amines) is 1. The fourth-order valence-corrected chi connectivity index (χ4v) is 2.40. The molecule has 0 radical (unpaired) electrons. The predicted octanol–water partition coefficient (Wildman–Crippen LogP) is 2.51. The van der Waals surface area contributed by atoms with E-state index in [4.69, 9.17) is 4.74 Å². The highest BCUT2D eigenvalue weighted by atomic mass is 19.1. The van der Waals surface area contributed by atoms with E-state index in [2.05, 4.69) is 4.98 Å². The van der Waals surface area contributed by atoms with Crippen LogP contribution in [-0.4, -0.2) is 35.0 Å². The van der Waals surface area contributed by atoms with Crippen molar-refractivity contribution in [3.63, 3.8) is 0 Å². The zero-order chi connectivity index (χ0) is 14.7. The summed E-state index contributed by atoms with van der Waals surface area (Å²) >= 11 is 0. The molecule has 0 N–H and O–H groups in total. The second-order valence-electron chi connectivity index (χ2n) is 4.96. The number of aromatic nitrogens is 1. The van der Waals surface area contributed by atoms with Crippen LogP contribution >= 0.6 is 0 Å². The zero-order valence-corrected chi connectivity index (χ0v) is 11.4. The summed E-state index contributed by atoms with van der Waals surface area (Å²) < 4.78 is 18.9. The first-order chi connectivity index (χ1) is 10.2. The first-order valence-electron chi connectivity index (χ1n) is 6.85. The number of nitrogens with zero attached hydrogens (tertiary/aromatic N) is 2. The third-order valence-corrected chi connectivity index (χ3v) is 3.43. The zero-order valence-electron chi connectivity index (χ0n) is 11.4. The molecule has 21 heavy (non-hydrogen) atoms. The molecule has 1 unspecified atom stereocenters. The summed E-state index contributed by atoms with van der Waals surface area (Å²) in [5.41, 5.74) is 0.369. The van der Waals surface area contributed by atoms with Crippen molar-refractivity contribution in [3.8, 4) is 5.88 Å². The molecule has 1 aliphatic heterocycles. The summed E-state index contributed by atoms with van der Waals surface area (Å²) in [6, 6.07) is 11.2. The molecule has 1 aromatic heterocycles. The van der Waals surface area contributed by atoms with Crippen molar-refractivity contribution in [1.82, 2.24) is 9.88 Å². The Balaban J connectivity index is 1.63. The van der Waals surface area contributed by atoms with Crippen molar-refractivity contribution < 1.29 is 13.9 Å². The summed E-state index contributed by atoms with van der Waals surface area (Å²) in [7, 11) is 0. The van der Waals surface area contributed by atoms with Gasteiger partial charge in [0.2, 0.25) is 5.88 Å². The van der Waals surface area contributed by atoms with Crippen molar-refractivity contribution in [1.29, 1.82) is 0 Å². The van der Waals surface area contributed by atoms with E-state index in [1.807, 2.05) is 12.1 Å². The number of carbonyl (C=O) groups is 1. The Morgan fingerprint density at radius 2 is 2.19 bits per heavy atom. The normalized spacial score (nSPS) is 17.8. The number of pyridine rings is 1. The van der Waals surface area contributed by atoms with E-state index in [1.54, 1.807) is 29.3 Å². The molecular weight excluding hydrogens is 271 g/mol. The fourth-order valence-electron chi connectivity index (χ4n) is 2.40.